The van der Waals surface area contributed by atoms with Crippen molar-refractivity contribution in [3.63, 3.8) is 0 Å². The fraction of sp³-hybridized carbons (Fsp3) is 0.746. The van der Waals surface area contributed by atoms with Crippen LogP contribution in [0.5, 0.6) is 0 Å². The van der Waals surface area contributed by atoms with Crippen molar-refractivity contribution in [3.8, 4) is 0 Å². The molecular weight excluding hydrogens is 881 g/mol. The molecule has 9 aliphatic rings. The van der Waals surface area contributed by atoms with Crippen LogP contribution in [0.3, 0.4) is 0 Å². The summed E-state index contributed by atoms with van der Waals surface area (Å²) in [5, 5.41) is 26.2. The molecule has 386 valence electrons. The van der Waals surface area contributed by atoms with Crippen molar-refractivity contribution < 1.29 is 29.3 Å². The standard InChI is InChI=1S/C63H88N2O6/c1-9-46-44(31-37-29-41(38-15-11-10-12-16-38)32-42(30-37)39-22-27-70-28-23-39)53-54-40(35-64-53)19-24-59(4,33-48(67)57-58(2,3)71-57)52-47(66)34-62(7)51(52)45(36-65(46)54)55(69)56-60(5)25-21-50(68)63(8,43-17-13-14-18-43)49(60)20-26-61(56,62)6/h29-30,32,35,38-39,43,45,48-49,55-57,64,67,69H,9-28,31,33-34,36H2,1-8H3/t45-,48-,49-,55-,56-,57-,59+,60-,61+,62+,63+/m1/s1. The Labute approximate surface area is 425 Å². The van der Waals surface area contributed by atoms with E-state index in [9.17, 15) is 15.0 Å². The molecule has 12 rings (SSSR count). The van der Waals surface area contributed by atoms with Gasteiger partial charge in [-0.15, -0.1) is 0 Å². The van der Waals surface area contributed by atoms with Crippen LogP contribution in [0.1, 0.15) is 216 Å². The van der Waals surface area contributed by atoms with Gasteiger partial charge in [0.15, 0.2) is 5.78 Å². The van der Waals surface area contributed by atoms with Crippen molar-refractivity contribution in [1.82, 2.24) is 9.55 Å². The molecule has 3 aliphatic heterocycles. The third kappa shape index (κ3) is 7.28. The highest BCUT2D eigenvalue weighted by molar-refractivity contribution is 6.02. The fourth-order valence-electron chi connectivity index (χ4n) is 19.5. The van der Waals surface area contributed by atoms with Crippen LogP contribution in [0.4, 0.5) is 0 Å². The van der Waals surface area contributed by atoms with E-state index in [1.165, 1.54) is 95.1 Å². The molecular formula is C63H88N2O6. The summed E-state index contributed by atoms with van der Waals surface area (Å²) in [5.41, 5.74) is 10.4. The summed E-state index contributed by atoms with van der Waals surface area (Å²) in [4.78, 5) is 34.1. The maximum Gasteiger partial charge on any atom is 0.160 e. The highest BCUT2D eigenvalue weighted by Gasteiger charge is 2.73. The second-order valence-electron chi connectivity index (χ2n) is 27.3. The first-order valence-electron chi connectivity index (χ1n) is 29.1. The van der Waals surface area contributed by atoms with Gasteiger partial charge in [0, 0.05) is 78.8 Å². The van der Waals surface area contributed by atoms with Gasteiger partial charge in [-0.2, -0.15) is 0 Å². The number of carbonyl (C=O) groups is 2. The van der Waals surface area contributed by atoms with E-state index in [1.807, 2.05) is 0 Å². The number of nitrogens with one attached hydrogen (secondary N) is 1. The minimum Gasteiger partial charge on any atom is -0.392 e. The molecule has 6 aliphatic carbocycles. The van der Waals surface area contributed by atoms with Gasteiger partial charge >= 0.3 is 0 Å². The second-order valence-corrected chi connectivity index (χ2v) is 27.3. The number of benzene rings is 1. The largest absolute Gasteiger partial charge is 0.392 e. The van der Waals surface area contributed by atoms with Crippen LogP contribution in [-0.2, 0) is 44.9 Å². The van der Waals surface area contributed by atoms with Crippen LogP contribution < -0.4 is 0 Å². The molecule has 7 fully saturated rings. The molecule has 0 bridgehead atoms. The van der Waals surface area contributed by atoms with E-state index >= 15 is 4.79 Å². The number of aromatic amines is 1. The van der Waals surface area contributed by atoms with Crippen molar-refractivity contribution in [3.05, 3.63) is 69.1 Å². The topological polar surface area (TPSA) is 117 Å². The number of aliphatic hydroxyl groups is 2. The van der Waals surface area contributed by atoms with E-state index in [4.69, 9.17) is 9.47 Å². The van der Waals surface area contributed by atoms with E-state index in [0.29, 0.717) is 49.3 Å². The molecule has 0 amide bonds. The molecule has 3 N–H and O–H groups in total. The number of H-pyrrole nitrogens is 1. The lowest BCUT2D eigenvalue weighted by Gasteiger charge is -2.70. The van der Waals surface area contributed by atoms with Gasteiger partial charge in [-0.3, -0.25) is 9.59 Å². The first-order valence-corrected chi connectivity index (χ1v) is 29.1. The number of nitrogens with zero attached hydrogens (tertiary/aromatic N) is 1. The Morgan fingerprint density at radius 2 is 1.51 bits per heavy atom. The predicted octanol–water partition coefficient (Wildman–Crippen LogP) is 12.8. The number of ether oxygens (including phenoxy) is 2. The van der Waals surface area contributed by atoms with Gasteiger partial charge in [-0.25, -0.2) is 0 Å². The predicted molar refractivity (Wildman–Crippen MR) is 281 cm³/mol. The Kier molecular flexibility index (Phi) is 11.9. The van der Waals surface area contributed by atoms with Crippen LogP contribution in [-0.4, -0.2) is 68.5 Å². The van der Waals surface area contributed by atoms with E-state index in [1.54, 1.807) is 0 Å². The minimum atomic E-state index is -0.716. The lowest BCUT2D eigenvalue weighted by atomic mass is 9.33. The molecule has 8 heteroatoms. The average Bonchev–Trinajstić information content (AvgIpc) is 3.88. The molecule has 2 saturated heterocycles. The number of ketones is 2. The molecule has 2 aromatic heterocycles. The summed E-state index contributed by atoms with van der Waals surface area (Å²) < 4.78 is 14.6. The molecule has 8 nitrogen and oxygen atoms in total. The Bertz CT molecular complexity index is 2600. The summed E-state index contributed by atoms with van der Waals surface area (Å²) in [6.07, 6.45) is 21.2. The molecule has 1 aromatic carbocycles. The van der Waals surface area contributed by atoms with Crippen LogP contribution >= 0.6 is 0 Å². The van der Waals surface area contributed by atoms with Gasteiger partial charge in [-0.1, -0.05) is 91.8 Å². The summed E-state index contributed by atoms with van der Waals surface area (Å²) in [7, 11) is 0. The first kappa shape index (κ1) is 48.9. The number of hydrogen-bond donors (Lipinski definition) is 3. The zero-order valence-corrected chi connectivity index (χ0v) is 45.0. The van der Waals surface area contributed by atoms with Crippen LogP contribution in [0.25, 0.3) is 11.0 Å². The zero-order valence-electron chi connectivity index (χ0n) is 45.0. The normalized spacial score (nSPS) is 39.2. The molecule has 11 atom stereocenters. The second kappa shape index (κ2) is 17.2. The van der Waals surface area contributed by atoms with Gasteiger partial charge in [0.25, 0.3) is 0 Å². The lowest BCUT2D eigenvalue weighted by molar-refractivity contribution is -0.227. The average molecular weight is 969 g/mol. The zero-order chi connectivity index (χ0) is 49.6. The number of Topliss-reactive ketones (excluding diaryl/α,β-unsaturated/α-hetero) is 2. The van der Waals surface area contributed by atoms with Crippen molar-refractivity contribution in [2.75, 3.05) is 13.2 Å². The van der Waals surface area contributed by atoms with Crippen LogP contribution in [0.15, 0.2) is 35.5 Å². The van der Waals surface area contributed by atoms with E-state index < -0.39 is 34.1 Å². The van der Waals surface area contributed by atoms with E-state index in [-0.39, 0.29) is 40.5 Å². The molecule has 3 aromatic rings. The SMILES string of the molecule is CCc1c(Cc2cc(C3CCCCC3)cc(C3CCOCC3)c2)c2[nH]cc3c2n1C[C@@H]1C2=C(C(=O)C[C@]2(C)[C@@]2(C)CC[C@@H]4[C@@](C)(CCC(=O)[C@@]4(C)C4CCCC4)[C@H]2[C@@H]1O)[C@](C)(C[C@@H](O)[C@H]1OC1(C)C)CC3. The number of aliphatic hydroxyl groups excluding tert-OH is 2. The maximum atomic E-state index is 15.6. The van der Waals surface area contributed by atoms with Crippen molar-refractivity contribution >= 4 is 22.6 Å². The monoisotopic (exact) mass is 969 g/mol. The summed E-state index contributed by atoms with van der Waals surface area (Å²) in [6, 6.07) is 7.67. The number of rotatable bonds is 9. The van der Waals surface area contributed by atoms with Gasteiger partial charge in [0.05, 0.1) is 28.8 Å². The smallest absolute Gasteiger partial charge is 0.160 e. The van der Waals surface area contributed by atoms with E-state index in [0.717, 1.165) is 89.4 Å². The number of fused-ring (bicyclic) bond motifs is 4. The Hall–Kier alpha value is -3.04. The first-order chi connectivity index (χ1) is 33.9. The third-order valence-corrected chi connectivity index (χ3v) is 23.3. The Balaban J connectivity index is 1.02. The van der Waals surface area contributed by atoms with Gasteiger partial charge in [0.2, 0.25) is 0 Å². The molecule has 5 saturated carbocycles. The number of aromatic nitrogens is 2. The molecule has 5 heterocycles. The van der Waals surface area contributed by atoms with Gasteiger partial charge < -0.3 is 29.2 Å². The molecule has 71 heavy (non-hydrogen) atoms. The van der Waals surface area contributed by atoms with Gasteiger partial charge in [0.1, 0.15) is 11.9 Å². The van der Waals surface area contributed by atoms with Crippen molar-refractivity contribution in [2.24, 2.45) is 50.7 Å². The maximum absolute atomic E-state index is 15.6. The number of epoxide rings is 1. The quantitative estimate of drug-likeness (QED) is 0.184. The Morgan fingerprint density at radius 3 is 2.18 bits per heavy atom. The molecule has 0 unspecified atom stereocenters. The van der Waals surface area contributed by atoms with Crippen molar-refractivity contribution in [2.45, 2.75) is 233 Å². The van der Waals surface area contributed by atoms with Crippen LogP contribution in [0, 0.1) is 50.7 Å². The number of aryl methyl sites for hydroxylation is 1. The summed E-state index contributed by atoms with van der Waals surface area (Å²) >= 11 is 0. The van der Waals surface area contributed by atoms with E-state index in [2.05, 4.69) is 89.3 Å². The highest BCUT2D eigenvalue weighted by atomic mass is 16.6. The number of carbonyl (C=O) groups excluding carboxylic acids is 2. The lowest BCUT2D eigenvalue weighted by Crippen LogP contribution is -2.68. The summed E-state index contributed by atoms with van der Waals surface area (Å²) in [6.45, 7) is 20.7. The summed E-state index contributed by atoms with van der Waals surface area (Å²) in [5.74, 6) is 2.03. The third-order valence-electron chi connectivity index (χ3n) is 23.3. The number of allylic oxidation sites excluding steroid dienone is 1. The van der Waals surface area contributed by atoms with Crippen molar-refractivity contribution in [1.29, 1.82) is 0 Å². The van der Waals surface area contributed by atoms with Crippen LogP contribution in [0.2, 0.25) is 0 Å². The highest BCUT2D eigenvalue weighted by Crippen LogP contribution is 2.76. The molecule has 0 spiro atoms. The molecule has 0 radical (unpaired) electrons. The minimum absolute atomic E-state index is 0.0821. The number of hydrogen-bond acceptors (Lipinski definition) is 6. The van der Waals surface area contributed by atoms with Gasteiger partial charge in [-0.05, 0) is 171 Å². The Morgan fingerprint density at radius 1 is 0.831 bits per heavy atom. The fourth-order valence-corrected chi connectivity index (χ4v) is 19.5.